The molecule has 2 heterocycles. The maximum absolute atomic E-state index is 10.2. The fourth-order valence-corrected chi connectivity index (χ4v) is 2.74. The van der Waals surface area contributed by atoms with Gasteiger partial charge in [-0.15, -0.1) is 0 Å². The summed E-state index contributed by atoms with van der Waals surface area (Å²) >= 11 is 5.93. The highest BCUT2D eigenvalue weighted by Gasteiger charge is 2.19. The minimum atomic E-state index is -0.574. The van der Waals surface area contributed by atoms with E-state index >= 15 is 0 Å². The topological polar surface area (TPSA) is 42.6 Å². The zero-order chi connectivity index (χ0) is 13.2. The number of ether oxygens (including phenoxy) is 1. The van der Waals surface area contributed by atoms with Crippen molar-refractivity contribution in [3.8, 4) is 0 Å². The Morgan fingerprint density at radius 2 is 2.26 bits per heavy atom. The molecule has 0 aliphatic carbocycles. The number of hydrogen-bond donors (Lipinski definition) is 1. The fourth-order valence-electron chi connectivity index (χ4n) is 2.56. The molecule has 1 saturated heterocycles. The molecule has 19 heavy (non-hydrogen) atoms. The Balaban J connectivity index is 1.68. The number of aliphatic hydroxyl groups excluding tert-OH is 1. The average Bonchev–Trinajstić information content (AvgIpc) is 3.04. The molecule has 4 heteroatoms. The number of aliphatic hydroxyl groups is 1. The third-order valence-electron chi connectivity index (χ3n) is 3.61. The summed E-state index contributed by atoms with van der Waals surface area (Å²) in [6.07, 6.45) is 3.49. The van der Waals surface area contributed by atoms with Crippen LogP contribution >= 0.6 is 11.6 Å². The highest BCUT2D eigenvalue weighted by Crippen LogP contribution is 2.29. The minimum absolute atomic E-state index is 0.300. The first-order valence-corrected chi connectivity index (χ1v) is 7.09. The Kier molecular flexibility index (Phi) is 3.78. The van der Waals surface area contributed by atoms with Gasteiger partial charge >= 0.3 is 0 Å². The van der Waals surface area contributed by atoms with Gasteiger partial charge in [0.2, 0.25) is 0 Å². The van der Waals surface area contributed by atoms with Gasteiger partial charge in [-0.1, -0.05) is 11.6 Å². The molecule has 2 atom stereocenters. The Hall–Kier alpha value is -1.03. The van der Waals surface area contributed by atoms with Gasteiger partial charge < -0.3 is 14.3 Å². The van der Waals surface area contributed by atoms with E-state index < -0.39 is 6.10 Å². The third-order valence-corrected chi connectivity index (χ3v) is 3.85. The van der Waals surface area contributed by atoms with E-state index in [4.69, 9.17) is 20.8 Å². The van der Waals surface area contributed by atoms with Gasteiger partial charge in [-0.3, -0.25) is 0 Å². The monoisotopic (exact) mass is 280 g/mol. The predicted octanol–water partition coefficient (Wildman–Crippen LogP) is 4.08. The number of halogens is 1. The van der Waals surface area contributed by atoms with Gasteiger partial charge in [0.15, 0.2) is 0 Å². The zero-order valence-corrected chi connectivity index (χ0v) is 11.4. The number of benzene rings is 1. The van der Waals surface area contributed by atoms with Crippen LogP contribution in [0.2, 0.25) is 5.02 Å². The number of rotatable bonds is 4. The van der Waals surface area contributed by atoms with Gasteiger partial charge in [-0.05, 0) is 49.9 Å². The largest absolute Gasteiger partial charge is 0.458 e. The second-order valence-electron chi connectivity index (χ2n) is 5.06. The van der Waals surface area contributed by atoms with E-state index in [1.807, 2.05) is 18.2 Å². The van der Waals surface area contributed by atoms with Gasteiger partial charge in [-0.25, -0.2) is 0 Å². The normalized spacial score (nSPS) is 21.1. The van der Waals surface area contributed by atoms with Crippen LogP contribution in [0.5, 0.6) is 0 Å². The first kappa shape index (κ1) is 13.0. The van der Waals surface area contributed by atoms with Gasteiger partial charge in [0, 0.05) is 17.0 Å². The molecule has 102 valence electrons. The first-order chi connectivity index (χ1) is 9.22. The SMILES string of the molecule is OC(CCC1CCCO1)c1cc2cc(Cl)ccc2o1. The summed E-state index contributed by atoms with van der Waals surface area (Å²) < 4.78 is 11.2. The van der Waals surface area contributed by atoms with E-state index in [1.165, 1.54) is 0 Å². The highest BCUT2D eigenvalue weighted by atomic mass is 35.5. The molecule has 1 aliphatic heterocycles. The quantitative estimate of drug-likeness (QED) is 0.918. The maximum Gasteiger partial charge on any atom is 0.134 e. The van der Waals surface area contributed by atoms with E-state index in [1.54, 1.807) is 6.07 Å². The summed E-state index contributed by atoms with van der Waals surface area (Å²) in [5.41, 5.74) is 0.760. The van der Waals surface area contributed by atoms with E-state index in [2.05, 4.69) is 0 Å². The van der Waals surface area contributed by atoms with Crippen molar-refractivity contribution in [1.82, 2.24) is 0 Å². The molecule has 1 aromatic heterocycles. The summed E-state index contributed by atoms with van der Waals surface area (Å²) in [5.74, 6) is 0.607. The van der Waals surface area contributed by atoms with Crippen molar-refractivity contribution in [2.75, 3.05) is 6.61 Å². The highest BCUT2D eigenvalue weighted by molar-refractivity contribution is 6.31. The van der Waals surface area contributed by atoms with Gasteiger partial charge in [0.1, 0.15) is 17.4 Å². The standard InChI is InChI=1S/C15H17ClO3/c16-11-3-6-14-10(8-11)9-15(19-14)13(17)5-4-12-2-1-7-18-12/h3,6,8-9,12-13,17H,1-2,4-5,7H2. The van der Waals surface area contributed by atoms with E-state index in [9.17, 15) is 5.11 Å². The lowest BCUT2D eigenvalue weighted by Crippen LogP contribution is -2.07. The predicted molar refractivity (Wildman–Crippen MR) is 74.4 cm³/mol. The summed E-state index contributed by atoms with van der Waals surface area (Å²) in [5, 5.41) is 11.8. The van der Waals surface area contributed by atoms with E-state index in [0.29, 0.717) is 23.3 Å². The van der Waals surface area contributed by atoms with Gasteiger partial charge in [0.05, 0.1) is 6.10 Å². The molecule has 0 saturated carbocycles. The molecule has 2 aromatic rings. The van der Waals surface area contributed by atoms with Crippen LogP contribution in [-0.4, -0.2) is 17.8 Å². The molecule has 0 spiro atoms. The van der Waals surface area contributed by atoms with Gasteiger partial charge in [-0.2, -0.15) is 0 Å². The third kappa shape index (κ3) is 2.94. The van der Waals surface area contributed by atoms with Crippen LogP contribution in [0.3, 0.4) is 0 Å². The molecule has 1 N–H and O–H groups in total. The fraction of sp³-hybridized carbons (Fsp3) is 0.467. The van der Waals surface area contributed by atoms with Crippen LogP contribution < -0.4 is 0 Å². The lowest BCUT2D eigenvalue weighted by molar-refractivity contribution is 0.0755. The molecular formula is C15H17ClO3. The Morgan fingerprint density at radius 1 is 1.37 bits per heavy atom. The lowest BCUT2D eigenvalue weighted by atomic mass is 10.1. The molecular weight excluding hydrogens is 264 g/mol. The molecule has 1 aliphatic rings. The second-order valence-corrected chi connectivity index (χ2v) is 5.50. The Morgan fingerprint density at radius 3 is 3.05 bits per heavy atom. The smallest absolute Gasteiger partial charge is 0.134 e. The molecule has 1 fully saturated rings. The lowest BCUT2D eigenvalue weighted by Gasteiger charge is -2.11. The van der Waals surface area contributed by atoms with Crippen molar-refractivity contribution in [2.24, 2.45) is 0 Å². The van der Waals surface area contributed by atoms with E-state index in [0.717, 1.165) is 36.8 Å². The number of fused-ring (bicyclic) bond motifs is 1. The van der Waals surface area contributed by atoms with Crippen LogP contribution in [0.4, 0.5) is 0 Å². The molecule has 0 amide bonds. The van der Waals surface area contributed by atoms with Crippen molar-refractivity contribution in [3.63, 3.8) is 0 Å². The summed E-state index contributed by atoms with van der Waals surface area (Å²) in [6.45, 7) is 0.851. The Bertz CT molecular complexity index is 558. The zero-order valence-electron chi connectivity index (χ0n) is 10.6. The maximum atomic E-state index is 10.2. The van der Waals surface area contributed by atoms with Crippen molar-refractivity contribution in [3.05, 3.63) is 35.0 Å². The average molecular weight is 281 g/mol. The van der Waals surface area contributed by atoms with Crippen molar-refractivity contribution >= 4 is 22.6 Å². The molecule has 2 unspecified atom stereocenters. The molecule has 3 nitrogen and oxygen atoms in total. The van der Waals surface area contributed by atoms with E-state index in [-0.39, 0.29) is 0 Å². The van der Waals surface area contributed by atoms with Crippen LogP contribution in [0, 0.1) is 0 Å². The molecule has 1 aromatic carbocycles. The van der Waals surface area contributed by atoms with Crippen LogP contribution in [0.15, 0.2) is 28.7 Å². The molecule has 0 radical (unpaired) electrons. The summed E-state index contributed by atoms with van der Waals surface area (Å²) in [4.78, 5) is 0. The molecule has 3 rings (SSSR count). The summed E-state index contributed by atoms with van der Waals surface area (Å²) in [7, 11) is 0. The van der Waals surface area contributed by atoms with Crippen LogP contribution in [-0.2, 0) is 4.74 Å². The number of furan rings is 1. The second kappa shape index (κ2) is 5.53. The first-order valence-electron chi connectivity index (χ1n) is 6.71. The Labute approximate surface area is 117 Å². The van der Waals surface area contributed by atoms with Crippen molar-refractivity contribution in [1.29, 1.82) is 0 Å². The van der Waals surface area contributed by atoms with Crippen LogP contribution in [0.1, 0.15) is 37.5 Å². The van der Waals surface area contributed by atoms with Gasteiger partial charge in [0.25, 0.3) is 0 Å². The summed E-state index contributed by atoms with van der Waals surface area (Å²) in [6, 6.07) is 7.32. The number of hydrogen-bond acceptors (Lipinski definition) is 3. The van der Waals surface area contributed by atoms with Crippen LogP contribution in [0.25, 0.3) is 11.0 Å². The van der Waals surface area contributed by atoms with Crippen molar-refractivity contribution < 1.29 is 14.3 Å². The minimum Gasteiger partial charge on any atom is -0.458 e. The molecule has 0 bridgehead atoms. The van der Waals surface area contributed by atoms with Crippen molar-refractivity contribution in [2.45, 2.75) is 37.9 Å².